The van der Waals surface area contributed by atoms with Gasteiger partial charge in [0.25, 0.3) is 11.8 Å². The largest absolute Gasteiger partial charge is 0.381 e. The van der Waals surface area contributed by atoms with E-state index in [-0.39, 0.29) is 17.8 Å². The van der Waals surface area contributed by atoms with Crippen LogP contribution in [0.3, 0.4) is 0 Å². The highest BCUT2D eigenvalue weighted by molar-refractivity contribution is 5.96. The fraction of sp³-hybridized carbons (Fsp3) is 0.517. The van der Waals surface area contributed by atoms with Crippen LogP contribution in [0, 0.1) is 0 Å². The van der Waals surface area contributed by atoms with Gasteiger partial charge in [0.2, 0.25) is 11.8 Å². The molecule has 4 aromatic rings. The molecule has 6 rings (SSSR count). The van der Waals surface area contributed by atoms with E-state index in [0.717, 1.165) is 16.9 Å². The maximum Gasteiger partial charge on any atom is 0.289 e. The summed E-state index contributed by atoms with van der Waals surface area (Å²) in [6.45, 7) is 8.37. The average Bonchev–Trinajstić information content (AvgIpc) is 3.54. The van der Waals surface area contributed by atoms with Gasteiger partial charge in [-0.1, -0.05) is 19.1 Å². The van der Waals surface area contributed by atoms with Gasteiger partial charge in [-0.05, 0) is 38.8 Å². The van der Waals surface area contributed by atoms with Gasteiger partial charge in [0.1, 0.15) is 11.4 Å². The van der Waals surface area contributed by atoms with Crippen LogP contribution in [0.25, 0.3) is 28.1 Å². The lowest BCUT2D eigenvalue weighted by Gasteiger charge is -2.33. The lowest BCUT2D eigenvalue weighted by atomic mass is 10.0. The van der Waals surface area contributed by atoms with Crippen LogP contribution in [0.4, 0.5) is 5.82 Å². The van der Waals surface area contributed by atoms with Crippen molar-refractivity contribution in [2.75, 3.05) is 44.3 Å². The number of hydrogen-bond acceptors (Lipinski definition) is 9. The van der Waals surface area contributed by atoms with E-state index in [2.05, 4.69) is 17.1 Å². The Kier molecular flexibility index (Phi) is 7.31. The van der Waals surface area contributed by atoms with E-state index < -0.39 is 11.5 Å². The van der Waals surface area contributed by atoms with Gasteiger partial charge in [-0.3, -0.25) is 14.2 Å². The number of benzene rings is 1. The van der Waals surface area contributed by atoms with Crippen molar-refractivity contribution in [2.45, 2.75) is 51.7 Å². The fourth-order valence-corrected chi connectivity index (χ4v) is 5.59. The number of ether oxygens (including phenoxy) is 1. The van der Waals surface area contributed by atoms with Crippen LogP contribution in [0.2, 0.25) is 0 Å². The molecule has 2 amide bonds. The molecule has 1 aromatic carbocycles. The normalized spacial score (nSPS) is 16.9. The molecule has 2 aliphatic heterocycles. The third kappa shape index (κ3) is 5.07. The van der Waals surface area contributed by atoms with E-state index >= 15 is 0 Å². The maximum atomic E-state index is 13.8. The molecule has 2 saturated heterocycles. The molecule has 42 heavy (non-hydrogen) atoms. The van der Waals surface area contributed by atoms with E-state index in [1.165, 1.54) is 13.8 Å². The van der Waals surface area contributed by atoms with E-state index in [1.807, 2.05) is 35.9 Å². The summed E-state index contributed by atoms with van der Waals surface area (Å²) in [5.74, 6) is 1.68. The number of imidazole rings is 2. The molecule has 0 spiro atoms. The van der Waals surface area contributed by atoms with Crippen molar-refractivity contribution in [3.05, 3.63) is 35.9 Å². The standard InChI is InChI=1S/C29H37N9O4/c1-5-21-31-19-8-6-7-9-20(19)38(21)28-33-23-22(24(34-28)36-14-16-42-17-15-36)32-25(35(23)4)26(39)37-12-10-18(11-13-37)30-27(40)29(2,3)41/h6-9,18,41H,5,10-17H2,1-4H3,(H,30,40). The molecular formula is C29H37N9O4. The molecule has 0 bridgehead atoms. The summed E-state index contributed by atoms with van der Waals surface area (Å²) in [5, 5.41) is 12.9. The molecule has 0 unspecified atom stereocenters. The molecule has 2 fully saturated rings. The number of carbonyl (C=O) groups excluding carboxylic acids is 2. The minimum absolute atomic E-state index is 0.104. The predicted octanol–water partition coefficient (Wildman–Crippen LogP) is 1.59. The predicted molar refractivity (Wildman–Crippen MR) is 157 cm³/mol. The van der Waals surface area contributed by atoms with Crippen molar-refractivity contribution in [2.24, 2.45) is 7.05 Å². The third-order valence-electron chi connectivity index (χ3n) is 8.01. The second kappa shape index (κ2) is 11.0. The van der Waals surface area contributed by atoms with Crippen molar-refractivity contribution in [3.8, 4) is 5.95 Å². The second-order valence-corrected chi connectivity index (χ2v) is 11.4. The number of aromatic nitrogens is 6. The summed E-state index contributed by atoms with van der Waals surface area (Å²) in [4.78, 5) is 49.5. The molecule has 2 N–H and O–H groups in total. The lowest BCUT2D eigenvalue weighted by molar-refractivity contribution is -0.137. The third-order valence-corrected chi connectivity index (χ3v) is 8.01. The van der Waals surface area contributed by atoms with Gasteiger partial charge in [0, 0.05) is 45.7 Å². The van der Waals surface area contributed by atoms with Crippen LogP contribution in [-0.4, -0.2) is 102 Å². The Labute approximate surface area is 243 Å². The van der Waals surface area contributed by atoms with E-state index in [9.17, 15) is 14.7 Å². The minimum atomic E-state index is -1.45. The highest BCUT2D eigenvalue weighted by atomic mass is 16.5. The van der Waals surface area contributed by atoms with Crippen molar-refractivity contribution in [1.29, 1.82) is 0 Å². The second-order valence-electron chi connectivity index (χ2n) is 11.4. The van der Waals surface area contributed by atoms with Crippen molar-refractivity contribution in [1.82, 2.24) is 39.3 Å². The highest BCUT2D eigenvalue weighted by Crippen LogP contribution is 2.29. The number of carbonyl (C=O) groups is 2. The first-order valence-electron chi connectivity index (χ1n) is 14.5. The maximum absolute atomic E-state index is 13.8. The van der Waals surface area contributed by atoms with E-state index in [1.54, 1.807) is 9.47 Å². The average molecular weight is 576 g/mol. The number of rotatable bonds is 6. The summed E-state index contributed by atoms with van der Waals surface area (Å²) in [6.07, 6.45) is 1.88. The summed E-state index contributed by atoms with van der Waals surface area (Å²) in [6, 6.07) is 7.82. The molecule has 13 nitrogen and oxygen atoms in total. The zero-order valence-electron chi connectivity index (χ0n) is 24.5. The number of nitrogens with one attached hydrogen (secondary N) is 1. The van der Waals surface area contributed by atoms with Gasteiger partial charge in [0.15, 0.2) is 17.0 Å². The first kappa shape index (κ1) is 28.0. The van der Waals surface area contributed by atoms with Crippen LogP contribution in [0.1, 0.15) is 50.1 Å². The number of anilines is 1. The Morgan fingerprint density at radius 3 is 2.45 bits per heavy atom. The lowest BCUT2D eigenvalue weighted by Crippen LogP contribution is -2.51. The Bertz CT molecular complexity index is 1640. The molecule has 0 aliphatic carbocycles. The zero-order valence-corrected chi connectivity index (χ0v) is 24.5. The summed E-state index contributed by atoms with van der Waals surface area (Å²) < 4.78 is 9.34. The number of aliphatic hydroxyl groups is 1. The molecule has 3 aromatic heterocycles. The molecule has 0 saturated carbocycles. The molecule has 0 radical (unpaired) electrons. The number of nitrogens with zero attached hydrogens (tertiary/aromatic N) is 8. The van der Waals surface area contributed by atoms with Crippen LogP contribution in [-0.2, 0) is 23.0 Å². The number of aryl methyl sites for hydroxylation is 2. The van der Waals surface area contributed by atoms with E-state index in [4.69, 9.17) is 24.7 Å². The van der Waals surface area contributed by atoms with Crippen LogP contribution in [0.5, 0.6) is 0 Å². The number of piperidine rings is 1. The molecule has 222 valence electrons. The van der Waals surface area contributed by atoms with Crippen LogP contribution >= 0.6 is 0 Å². The monoisotopic (exact) mass is 575 g/mol. The number of fused-ring (bicyclic) bond motifs is 2. The topological polar surface area (TPSA) is 144 Å². The number of likely N-dealkylation sites (tertiary alicyclic amines) is 1. The van der Waals surface area contributed by atoms with Gasteiger partial charge in [-0.25, -0.2) is 9.97 Å². The van der Waals surface area contributed by atoms with Crippen molar-refractivity contribution in [3.63, 3.8) is 0 Å². The number of hydrogen-bond donors (Lipinski definition) is 2. The molecule has 0 atom stereocenters. The quantitative estimate of drug-likeness (QED) is 0.350. The van der Waals surface area contributed by atoms with Crippen LogP contribution in [0.15, 0.2) is 24.3 Å². The Morgan fingerprint density at radius 1 is 1.05 bits per heavy atom. The zero-order chi connectivity index (χ0) is 29.6. The number of morpholine rings is 1. The van der Waals surface area contributed by atoms with Gasteiger partial charge in [0.05, 0.1) is 24.2 Å². The number of amides is 2. The molecule has 13 heteroatoms. The summed E-state index contributed by atoms with van der Waals surface area (Å²) in [7, 11) is 1.81. The smallest absolute Gasteiger partial charge is 0.289 e. The van der Waals surface area contributed by atoms with Gasteiger partial charge in [-0.15, -0.1) is 0 Å². The fourth-order valence-electron chi connectivity index (χ4n) is 5.59. The van der Waals surface area contributed by atoms with E-state index in [0.29, 0.717) is 81.6 Å². The van der Waals surface area contributed by atoms with Crippen molar-refractivity contribution < 1.29 is 19.4 Å². The minimum Gasteiger partial charge on any atom is -0.381 e. The summed E-state index contributed by atoms with van der Waals surface area (Å²) in [5.41, 5.74) is 1.48. The Hall–Kier alpha value is -4.10. The Balaban J connectivity index is 1.36. The molecular weight excluding hydrogens is 538 g/mol. The molecule has 2 aliphatic rings. The summed E-state index contributed by atoms with van der Waals surface area (Å²) >= 11 is 0. The Morgan fingerprint density at radius 2 is 1.76 bits per heavy atom. The first-order valence-corrected chi connectivity index (χ1v) is 14.5. The first-order chi connectivity index (χ1) is 20.2. The highest BCUT2D eigenvalue weighted by Gasteiger charge is 2.32. The molecule has 5 heterocycles. The van der Waals surface area contributed by atoms with Crippen molar-refractivity contribution >= 4 is 39.8 Å². The van der Waals surface area contributed by atoms with Crippen LogP contribution < -0.4 is 10.2 Å². The van der Waals surface area contributed by atoms with Gasteiger partial charge < -0.3 is 29.5 Å². The van der Waals surface area contributed by atoms with Gasteiger partial charge in [-0.2, -0.15) is 9.97 Å². The number of para-hydroxylation sites is 2. The van der Waals surface area contributed by atoms with Gasteiger partial charge >= 0.3 is 0 Å². The SMILES string of the molecule is CCc1nc2ccccc2n1-c1nc(N2CCOCC2)c2nc(C(=O)N3CCC(NC(=O)C(C)(C)O)CC3)n(C)c2n1.